The highest BCUT2D eigenvalue weighted by atomic mass is 16.6. The zero-order chi connectivity index (χ0) is 14.9. The standard InChI is InChI=1S/C17H20N2O3/c20-17(13-1-2-15-16(10-13)22-8-7-21-15)18-11-14-9-12-3-5-19(14)6-4-12/h1-2,9-10,12H,3-8,11H2,(H,18,20). The minimum Gasteiger partial charge on any atom is -0.486 e. The summed E-state index contributed by atoms with van der Waals surface area (Å²) >= 11 is 0. The van der Waals surface area contributed by atoms with Gasteiger partial charge in [-0.1, -0.05) is 6.08 Å². The third-order valence-corrected chi connectivity index (χ3v) is 4.61. The Hall–Kier alpha value is -2.17. The predicted octanol–water partition coefficient (Wildman–Crippen LogP) is 1.80. The van der Waals surface area contributed by atoms with Gasteiger partial charge in [0.05, 0.1) is 6.54 Å². The summed E-state index contributed by atoms with van der Waals surface area (Å²) in [6, 6.07) is 5.34. The molecule has 5 heteroatoms. The van der Waals surface area contributed by atoms with Crippen LogP contribution >= 0.6 is 0 Å². The number of benzene rings is 1. The lowest BCUT2D eigenvalue weighted by atomic mass is 9.90. The van der Waals surface area contributed by atoms with Crippen LogP contribution < -0.4 is 14.8 Å². The molecule has 0 unspecified atom stereocenters. The maximum Gasteiger partial charge on any atom is 0.251 e. The van der Waals surface area contributed by atoms with Crippen molar-refractivity contribution in [1.29, 1.82) is 0 Å². The second kappa shape index (κ2) is 5.55. The molecule has 1 fully saturated rings. The van der Waals surface area contributed by atoms with Gasteiger partial charge < -0.3 is 19.7 Å². The molecule has 1 saturated heterocycles. The summed E-state index contributed by atoms with van der Waals surface area (Å²) in [4.78, 5) is 14.7. The van der Waals surface area contributed by atoms with E-state index in [2.05, 4.69) is 16.3 Å². The van der Waals surface area contributed by atoms with E-state index in [4.69, 9.17) is 9.47 Å². The van der Waals surface area contributed by atoms with Crippen molar-refractivity contribution in [3.63, 3.8) is 0 Å². The molecule has 1 N–H and O–H groups in total. The van der Waals surface area contributed by atoms with Gasteiger partial charge in [0.2, 0.25) is 0 Å². The van der Waals surface area contributed by atoms with Crippen LogP contribution in [-0.4, -0.2) is 43.7 Å². The Labute approximate surface area is 129 Å². The van der Waals surface area contributed by atoms with Crippen molar-refractivity contribution in [2.75, 3.05) is 32.8 Å². The number of fused-ring (bicyclic) bond motifs is 3. The maximum atomic E-state index is 12.3. The second-order valence-electron chi connectivity index (χ2n) is 6.02. The first-order valence-corrected chi connectivity index (χ1v) is 7.93. The van der Waals surface area contributed by atoms with Crippen LogP contribution in [0.3, 0.4) is 0 Å². The third-order valence-electron chi connectivity index (χ3n) is 4.61. The van der Waals surface area contributed by atoms with Gasteiger partial charge in [0, 0.05) is 24.4 Å². The Morgan fingerprint density at radius 2 is 1.95 bits per heavy atom. The number of ether oxygens (including phenoxy) is 2. The molecule has 0 radical (unpaired) electrons. The predicted molar refractivity (Wildman–Crippen MR) is 82.1 cm³/mol. The second-order valence-corrected chi connectivity index (χ2v) is 6.02. The Kier molecular flexibility index (Phi) is 3.41. The summed E-state index contributed by atoms with van der Waals surface area (Å²) < 4.78 is 11.0. The molecule has 1 aromatic carbocycles. The lowest BCUT2D eigenvalue weighted by molar-refractivity contribution is 0.0949. The van der Waals surface area contributed by atoms with Gasteiger partial charge in [0.1, 0.15) is 13.2 Å². The van der Waals surface area contributed by atoms with Gasteiger partial charge in [0.25, 0.3) is 5.91 Å². The topological polar surface area (TPSA) is 50.8 Å². The minimum absolute atomic E-state index is 0.0690. The lowest BCUT2D eigenvalue weighted by Crippen LogP contribution is -2.41. The normalized spacial score (nSPS) is 19.8. The number of allylic oxidation sites excluding steroid dienone is 1. The quantitative estimate of drug-likeness (QED) is 0.925. The Balaban J connectivity index is 1.42. The molecule has 1 amide bonds. The monoisotopic (exact) mass is 300 g/mol. The molecule has 4 heterocycles. The van der Waals surface area contributed by atoms with Gasteiger partial charge in [-0.25, -0.2) is 0 Å². The molecular formula is C17H20N2O3. The molecule has 2 bridgehead atoms. The van der Waals surface area contributed by atoms with E-state index in [0.29, 0.717) is 42.7 Å². The van der Waals surface area contributed by atoms with E-state index in [1.165, 1.54) is 18.5 Å². The number of carbonyl (C=O) groups is 1. The number of hydrogen-bond acceptors (Lipinski definition) is 4. The molecule has 0 atom stereocenters. The van der Waals surface area contributed by atoms with E-state index in [9.17, 15) is 4.79 Å². The summed E-state index contributed by atoms with van der Waals surface area (Å²) in [5.41, 5.74) is 1.87. The van der Waals surface area contributed by atoms with E-state index >= 15 is 0 Å². The van der Waals surface area contributed by atoms with E-state index in [0.717, 1.165) is 13.1 Å². The van der Waals surface area contributed by atoms with E-state index in [1.54, 1.807) is 18.2 Å². The molecule has 0 aliphatic carbocycles. The Bertz CT molecular complexity index is 618. The number of rotatable bonds is 3. The molecule has 22 heavy (non-hydrogen) atoms. The van der Waals surface area contributed by atoms with Crippen molar-refractivity contribution < 1.29 is 14.3 Å². The zero-order valence-corrected chi connectivity index (χ0v) is 12.5. The smallest absolute Gasteiger partial charge is 0.251 e. The molecule has 4 aliphatic rings. The van der Waals surface area contributed by atoms with Crippen molar-refractivity contribution in [2.24, 2.45) is 5.92 Å². The van der Waals surface area contributed by atoms with Crippen molar-refractivity contribution in [3.8, 4) is 11.5 Å². The van der Waals surface area contributed by atoms with Gasteiger partial charge >= 0.3 is 0 Å². The molecule has 5 rings (SSSR count). The molecule has 116 valence electrons. The van der Waals surface area contributed by atoms with Crippen LogP contribution in [0.4, 0.5) is 0 Å². The summed E-state index contributed by atoms with van der Waals surface area (Å²) in [5.74, 6) is 1.99. The van der Waals surface area contributed by atoms with Crippen molar-refractivity contribution >= 4 is 5.91 Å². The minimum atomic E-state index is -0.0690. The van der Waals surface area contributed by atoms with E-state index in [-0.39, 0.29) is 5.91 Å². The van der Waals surface area contributed by atoms with Crippen LogP contribution in [0.2, 0.25) is 0 Å². The summed E-state index contributed by atoms with van der Waals surface area (Å²) in [7, 11) is 0. The number of carbonyl (C=O) groups excluding carboxylic acids is 1. The first kappa shape index (κ1) is 13.5. The van der Waals surface area contributed by atoms with Crippen molar-refractivity contribution in [2.45, 2.75) is 12.8 Å². The zero-order valence-electron chi connectivity index (χ0n) is 12.5. The van der Waals surface area contributed by atoms with Crippen LogP contribution in [-0.2, 0) is 0 Å². The van der Waals surface area contributed by atoms with Crippen molar-refractivity contribution in [3.05, 3.63) is 35.5 Å². The Morgan fingerprint density at radius 1 is 1.18 bits per heavy atom. The fourth-order valence-corrected chi connectivity index (χ4v) is 3.36. The van der Waals surface area contributed by atoms with Crippen LogP contribution in [0.5, 0.6) is 11.5 Å². The number of nitrogens with one attached hydrogen (secondary N) is 1. The average Bonchev–Trinajstić information content (AvgIpc) is 2.60. The molecular weight excluding hydrogens is 280 g/mol. The summed E-state index contributed by atoms with van der Waals surface area (Å²) in [5, 5.41) is 3.02. The number of piperidine rings is 1. The van der Waals surface area contributed by atoms with Crippen LogP contribution in [0.25, 0.3) is 0 Å². The molecule has 4 aliphatic heterocycles. The third kappa shape index (κ3) is 2.51. The van der Waals surface area contributed by atoms with E-state index in [1.807, 2.05) is 0 Å². The fraction of sp³-hybridized carbons (Fsp3) is 0.471. The van der Waals surface area contributed by atoms with Gasteiger partial charge in [-0.3, -0.25) is 4.79 Å². The SMILES string of the molecule is O=C(NCC1=CC2CCN1CC2)c1ccc2c(c1)OCCO2. The largest absolute Gasteiger partial charge is 0.486 e. The number of hydrogen-bond donors (Lipinski definition) is 1. The highest BCUT2D eigenvalue weighted by molar-refractivity contribution is 5.95. The first-order valence-electron chi connectivity index (χ1n) is 7.93. The molecule has 0 aromatic heterocycles. The maximum absolute atomic E-state index is 12.3. The molecule has 0 saturated carbocycles. The first-order chi connectivity index (χ1) is 10.8. The van der Waals surface area contributed by atoms with Gasteiger partial charge in [0.15, 0.2) is 11.5 Å². The molecule has 5 nitrogen and oxygen atoms in total. The van der Waals surface area contributed by atoms with E-state index < -0.39 is 0 Å². The van der Waals surface area contributed by atoms with Gasteiger partial charge in [-0.05, 0) is 37.0 Å². The molecule has 1 aromatic rings. The molecule has 0 spiro atoms. The van der Waals surface area contributed by atoms with Gasteiger partial charge in [-0.2, -0.15) is 0 Å². The van der Waals surface area contributed by atoms with Gasteiger partial charge in [-0.15, -0.1) is 0 Å². The fourth-order valence-electron chi connectivity index (χ4n) is 3.36. The number of nitrogens with zero attached hydrogens (tertiary/aromatic N) is 1. The van der Waals surface area contributed by atoms with Crippen molar-refractivity contribution in [1.82, 2.24) is 10.2 Å². The van der Waals surface area contributed by atoms with Crippen LogP contribution in [0, 0.1) is 5.92 Å². The highest BCUT2D eigenvalue weighted by Gasteiger charge is 2.26. The van der Waals surface area contributed by atoms with Crippen LogP contribution in [0.1, 0.15) is 23.2 Å². The Morgan fingerprint density at radius 3 is 2.68 bits per heavy atom. The summed E-state index contributed by atoms with van der Waals surface area (Å²) in [6.07, 6.45) is 4.82. The summed E-state index contributed by atoms with van der Waals surface area (Å²) in [6.45, 7) is 3.93. The average molecular weight is 300 g/mol. The highest BCUT2D eigenvalue weighted by Crippen LogP contribution is 2.31. The number of amides is 1. The van der Waals surface area contributed by atoms with Crippen LogP contribution in [0.15, 0.2) is 30.0 Å². The lowest BCUT2D eigenvalue weighted by Gasteiger charge is -2.40.